The van der Waals surface area contributed by atoms with Crippen molar-refractivity contribution < 1.29 is 4.74 Å². The Kier molecular flexibility index (Phi) is 5.03. The van der Waals surface area contributed by atoms with E-state index in [9.17, 15) is 0 Å². The number of nitrogens with two attached hydrogens (primary N) is 1. The van der Waals surface area contributed by atoms with E-state index in [0.29, 0.717) is 5.25 Å². The van der Waals surface area contributed by atoms with Crippen molar-refractivity contribution in [2.75, 3.05) is 24.4 Å². The highest BCUT2D eigenvalue weighted by Crippen LogP contribution is 2.33. The molecule has 0 spiro atoms. The third-order valence-electron chi connectivity index (χ3n) is 2.87. The van der Waals surface area contributed by atoms with E-state index in [2.05, 4.69) is 17.6 Å². The molecule has 0 saturated carbocycles. The minimum Gasteiger partial charge on any atom is -0.497 e. The highest BCUT2D eigenvalue weighted by molar-refractivity contribution is 8.06. The minimum atomic E-state index is 0.221. The third-order valence-corrected chi connectivity index (χ3v) is 5.73. The van der Waals surface area contributed by atoms with Crippen LogP contribution in [0, 0.1) is 0 Å². The first-order valence-electron chi connectivity index (χ1n) is 5.64. The van der Waals surface area contributed by atoms with Crippen LogP contribution in [0.3, 0.4) is 0 Å². The second-order valence-corrected chi connectivity index (χ2v) is 6.40. The Balaban J connectivity index is 2.10. The summed E-state index contributed by atoms with van der Waals surface area (Å²) < 4.78 is 5.17. The van der Waals surface area contributed by atoms with Gasteiger partial charge in [0, 0.05) is 22.5 Å². The summed E-state index contributed by atoms with van der Waals surface area (Å²) in [4.78, 5) is 0. The zero-order valence-electron chi connectivity index (χ0n) is 9.89. The van der Waals surface area contributed by atoms with E-state index >= 15 is 0 Å². The lowest BCUT2D eigenvalue weighted by Crippen LogP contribution is -2.37. The van der Waals surface area contributed by atoms with Crippen molar-refractivity contribution in [1.82, 2.24) is 5.43 Å². The number of hydrazine groups is 1. The average molecular weight is 270 g/mol. The first-order valence-corrected chi connectivity index (χ1v) is 7.85. The fraction of sp³-hybridized carbons (Fsp3) is 0.500. The Morgan fingerprint density at radius 1 is 1.35 bits per heavy atom. The van der Waals surface area contributed by atoms with Gasteiger partial charge >= 0.3 is 0 Å². The van der Waals surface area contributed by atoms with Crippen molar-refractivity contribution >= 4 is 23.5 Å². The van der Waals surface area contributed by atoms with Gasteiger partial charge in [-0.3, -0.25) is 11.3 Å². The summed E-state index contributed by atoms with van der Waals surface area (Å²) in [6.45, 7) is 0. The van der Waals surface area contributed by atoms with E-state index in [0.717, 1.165) is 11.5 Å². The molecule has 1 fully saturated rings. The predicted molar refractivity (Wildman–Crippen MR) is 76.6 cm³/mol. The zero-order chi connectivity index (χ0) is 12.1. The van der Waals surface area contributed by atoms with Crippen molar-refractivity contribution in [2.24, 2.45) is 5.84 Å². The highest BCUT2D eigenvalue weighted by Gasteiger charge is 2.24. The molecule has 1 saturated heterocycles. The maximum Gasteiger partial charge on any atom is 0.118 e. The van der Waals surface area contributed by atoms with Crippen LogP contribution >= 0.6 is 23.5 Å². The van der Waals surface area contributed by atoms with Crippen LogP contribution in [0.2, 0.25) is 0 Å². The standard InChI is InChI=1S/C12H18N2OS2/c1-15-10-4-2-9(3-5-10)12(14-13)11-8-16-6-7-17-11/h2-5,11-12,14H,6-8,13H2,1H3. The molecule has 1 aromatic carbocycles. The summed E-state index contributed by atoms with van der Waals surface area (Å²) in [5.41, 5.74) is 4.18. The van der Waals surface area contributed by atoms with Gasteiger partial charge in [0.05, 0.1) is 13.2 Å². The Morgan fingerprint density at radius 2 is 2.12 bits per heavy atom. The molecule has 0 amide bonds. The molecule has 0 radical (unpaired) electrons. The summed E-state index contributed by atoms with van der Waals surface area (Å²) in [6.07, 6.45) is 0. The van der Waals surface area contributed by atoms with Gasteiger partial charge in [-0.2, -0.15) is 23.5 Å². The van der Waals surface area contributed by atoms with Crippen molar-refractivity contribution in [3.63, 3.8) is 0 Å². The predicted octanol–water partition coefficient (Wildman–Crippen LogP) is 2.05. The maximum atomic E-state index is 5.70. The van der Waals surface area contributed by atoms with Gasteiger partial charge in [0.1, 0.15) is 5.75 Å². The fourth-order valence-corrected chi connectivity index (χ4v) is 4.78. The summed E-state index contributed by atoms with van der Waals surface area (Å²) in [6, 6.07) is 8.37. The van der Waals surface area contributed by atoms with Gasteiger partial charge in [0.15, 0.2) is 0 Å². The normalized spacial score (nSPS) is 22.1. The average Bonchev–Trinajstić information content (AvgIpc) is 2.42. The van der Waals surface area contributed by atoms with E-state index in [-0.39, 0.29) is 6.04 Å². The number of rotatable bonds is 4. The molecule has 94 valence electrons. The highest BCUT2D eigenvalue weighted by atomic mass is 32.2. The second-order valence-electron chi connectivity index (χ2n) is 3.90. The molecule has 0 aromatic heterocycles. The van der Waals surface area contributed by atoms with Crippen LogP contribution in [-0.2, 0) is 0 Å². The maximum absolute atomic E-state index is 5.70. The monoisotopic (exact) mass is 270 g/mol. The zero-order valence-corrected chi connectivity index (χ0v) is 11.5. The molecule has 3 N–H and O–H groups in total. The van der Waals surface area contributed by atoms with Gasteiger partial charge in [-0.15, -0.1) is 0 Å². The molecule has 2 rings (SSSR count). The summed E-state index contributed by atoms with van der Waals surface area (Å²) in [5, 5.41) is 0.548. The molecule has 2 unspecified atom stereocenters. The fourth-order valence-electron chi connectivity index (χ4n) is 1.93. The smallest absolute Gasteiger partial charge is 0.118 e. The molecule has 0 bridgehead atoms. The lowest BCUT2D eigenvalue weighted by atomic mass is 10.0. The van der Waals surface area contributed by atoms with Crippen molar-refractivity contribution in [2.45, 2.75) is 11.3 Å². The van der Waals surface area contributed by atoms with Crippen LogP contribution in [0.5, 0.6) is 5.75 Å². The molecule has 1 aliphatic heterocycles. The first-order chi connectivity index (χ1) is 8.35. The third kappa shape index (κ3) is 3.31. The number of benzene rings is 1. The molecule has 17 heavy (non-hydrogen) atoms. The Bertz CT molecular complexity index is 339. The van der Waals surface area contributed by atoms with E-state index in [1.165, 1.54) is 17.1 Å². The van der Waals surface area contributed by atoms with Crippen LogP contribution in [-0.4, -0.2) is 29.6 Å². The number of hydrogen-bond donors (Lipinski definition) is 2. The van der Waals surface area contributed by atoms with Crippen molar-refractivity contribution in [3.8, 4) is 5.75 Å². The molecule has 1 aliphatic rings. The van der Waals surface area contributed by atoms with Gasteiger partial charge < -0.3 is 4.74 Å². The quantitative estimate of drug-likeness (QED) is 0.648. The van der Waals surface area contributed by atoms with Crippen LogP contribution in [0.15, 0.2) is 24.3 Å². The summed E-state index contributed by atoms with van der Waals surface area (Å²) in [7, 11) is 1.68. The van der Waals surface area contributed by atoms with Crippen LogP contribution < -0.4 is 16.0 Å². The SMILES string of the molecule is COc1ccc(C(NN)C2CSCCS2)cc1. The molecule has 1 aromatic rings. The summed E-state index contributed by atoms with van der Waals surface area (Å²) in [5.74, 6) is 10.2. The lowest BCUT2D eigenvalue weighted by molar-refractivity contribution is 0.414. The van der Waals surface area contributed by atoms with Gasteiger partial charge in [-0.25, -0.2) is 0 Å². The van der Waals surface area contributed by atoms with Gasteiger partial charge in [0.25, 0.3) is 0 Å². The molecule has 1 heterocycles. The number of ether oxygens (including phenoxy) is 1. The van der Waals surface area contributed by atoms with Gasteiger partial charge in [-0.05, 0) is 17.7 Å². The van der Waals surface area contributed by atoms with E-state index in [1.54, 1.807) is 7.11 Å². The number of nitrogens with one attached hydrogen (secondary N) is 1. The second kappa shape index (κ2) is 6.54. The molecule has 3 nitrogen and oxygen atoms in total. The minimum absolute atomic E-state index is 0.221. The number of hydrogen-bond acceptors (Lipinski definition) is 5. The first kappa shape index (κ1) is 13.1. The lowest BCUT2D eigenvalue weighted by Gasteiger charge is -2.29. The number of methoxy groups -OCH3 is 1. The van der Waals surface area contributed by atoms with E-state index in [4.69, 9.17) is 10.6 Å². The van der Waals surface area contributed by atoms with Gasteiger partial charge in [-0.1, -0.05) is 12.1 Å². The van der Waals surface area contributed by atoms with Crippen LogP contribution in [0.1, 0.15) is 11.6 Å². The summed E-state index contributed by atoms with van der Waals surface area (Å²) >= 11 is 4.01. The largest absolute Gasteiger partial charge is 0.497 e. The molecule has 5 heteroatoms. The Labute approximate surface area is 111 Å². The van der Waals surface area contributed by atoms with Crippen LogP contribution in [0.25, 0.3) is 0 Å². The van der Waals surface area contributed by atoms with Crippen molar-refractivity contribution in [1.29, 1.82) is 0 Å². The number of thioether (sulfide) groups is 2. The van der Waals surface area contributed by atoms with E-state index < -0.39 is 0 Å². The molecular formula is C12H18N2OS2. The Hall–Kier alpha value is -0.360. The van der Waals surface area contributed by atoms with E-state index in [1.807, 2.05) is 35.7 Å². The van der Waals surface area contributed by atoms with Crippen LogP contribution in [0.4, 0.5) is 0 Å². The van der Waals surface area contributed by atoms with Crippen molar-refractivity contribution in [3.05, 3.63) is 29.8 Å². The molecule has 0 aliphatic carbocycles. The van der Waals surface area contributed by atoms with Gasteiger partial charge in [0.2, 0.25) is 0 Å². The molecule has 2 atom stereocenters. The molecular weight excluding hydrogens is 252 g/mol. The Morgan fingerprint density at radius 3 is 2.65 bits per heavy atom. The topological polar surface area (TPSA) is 47.3 Å².